The Labute approximate surface area is 213 Å². The standard InChI is InChI=1S/C30H51N2O3/c1-20(33)35-28-26(32(4)15-7-8-16-32)18-24-22-10-9-21-17-27(34)25(31-13-5-6-14-31)19-30(21,3)23(22)11-12-29(24,28)2/h21-28,34H,5-19H2,1-4H3/q+1/t21?,22-,23-,24+,25?,26?,27?,28?,29+,30+/m1/s1. The first kappa shape index (κ1) is 24.7. The summed E-state index contributed by atoms with van der Waals surface area (Å²) in [5, 5.41) is 11.2. The number of nitrogens with zero attached hydrogens (tertiary/aromatic N) is 2. The molecule has 10 atom stereocenters. The van der Waals surface area contributed by atoms with Gasteiger partial charge in [0.1, 0.15) is 6.04 Å². The minimum absolute atomic E-state index is 0.0742. The van der Waals surface area contributed by atoms with Gasteiger partial charge in [-0.05, 0) is 93.5 Å². The van der Waals surface area contributed by atoms with Crippen LogP contribution in [-0.2, 0) is 9.53 Å². The molecule has 2 saturated heterocycles. The average molecular weight is 488 g/mol. The van der Waals surface area contributed by atoms with Crippen molar-refractivity contribution in [1.29, 1.82) is 0 Å². The number of ether oxygens (including phenoxy) is 1. The predicted octanol–water partition coefficient (Wildman–Crippen LogP) is 4.61. The zero-order valence-electron chi connectivity index (χ0n) is 22.9. The largest absolute Gasteiger partial charge is 0.456 e. The highest BCUT2D eigenvalue weighted by Crippen LogP contribution is 2.67. The van der Waals surface area contributed by atoms with Crippen molar-refractivity contribution < 1.29 is 19.1 Å². The minimum Gasteiger partial charge on any atom is -0.456 e. The van der Waals surface area contributed by atoms with Crippen LogP contribution in [-0.4, -0.2) is 78.0 Å². The van der Waals surface area contributed by atoms with Crippen LogP contribution < -0.4 is 0 Å². The maximum absolute atomic E-state index is 12.3. The third-order valence-corrected chi connectivity index (χ3v) is 12.9. The molecule has 5 heteroatoms. The second-order valence-corrected chi connectivity index (χ2v) is 14.5. The van der Waals surface area contributed by atoms with E-state index in [1.165, 1.54) is 90.4 Å². The number of likely N-dealkylation sites (tertiary alicyclic amines) is 2. The lowest BCUT2D eigenvalue weighted by Crippen LogP contribution is -2.60. The second-order valence-electron chi connectivity index (χ2n) is 14.5. The van der Waals surface area contributed by atoms with Crippen LogP contribution in [0.1, 0.15) is 91.4 Å². The summed E-state index contributed by atoms with van der Waals surface area (Å²) in [6.07, 6.45) is 13.7. The van der Waals surface area contributed by atoms with Crippen molar-refractivity contribution in [1.82, 2.24) is 4.90 Å². The fraction of sp³-hybridized carbons (Fsp3) is 0.967. The number of rotatable bonds is 3. The zero-order chi connectivity index (χ0) is 24.6. The molecule has 0 bridgehead atoms. The van der Waals surface area contributed by atoms with Gasteiger partial charge in [-0.25, -0.2) is 0 Å². The van der Waals surface area contributed by atoms with Gasteiger partial charge in [0.25, 0.3) is 0 Å². The van der Waals surface area contributed by atoms with Gasteiger partial charge < -0.3 is 14.3 Å². The molecule has 0 amide bonds. The number of carbonyl (C=O) groups excluding carboxylic acids is 1. The van der Waals surface area contributed by atoms with Crippen molar-refractivity contribution in [3.05, 3.63) is 0 Å². The first-order valence-corrected chi connectivity index (χ1v) is 15.1. The van der Waals surface area contributed by atoms with Gasteiger partial charge in [0.15, 0.2) is 6.10 Å². The Kier molecular flexibility index (Phi) is 6.13. The number of hydrogen-bond donors (Lipinski definition) is 1. The Bertz CT molecular complexity index is 820. The molecule has 0 spiro atoms. The van der Waals surface area contributed by atoms with Crippen LogP contribution in [0.4, 0.5) is 0 Å². The van der Waals surface area contributed by atoms with Crippen molar-refractivity contribution in [2.24, 2.45) is 34.5 Å². The fourth-order valence-electron chi connectivity index (χ4n) is 11.1. The highest BCUT2D eigenvalue weighted by atomic mass is 16.5. The summed E-state index contributed by atoms with van der Waals surface area (Å²) in [4.78, 5) is 15.0. The first-order chi connectivity index (χ1) is 16.7. The highest BCUT2D eigenvalue weighted by molar-refractivity contribution is 5.66. The van der Waals surface area contributed by atoms with Crippen LogP contribution in [0.15, 0.2) is 0 Å². The summed E-state index contributed by atoms with van der Waals surface area (Å²) < 4.78 is 7.41. The maximum Gasteiger partial charge on any atom is 0.303 e. The summed E-state index contributed by atoms with van der Waals surface area (Å²) in [5.74, 6) is 2.77. The number of esters is 1. The van der Waals surface area contributed by atoms with E-state index in [2.05, 4.69) is 25.8 Å². The molecule has 0 aromatic carbocycles. The summed E-state index contributed by atoms with van der Waals surface area (Å²) in [6, 6.07) is 0.830. The first-order valence-electron chi connectivity index (χ1n) is 15.1. The van der Waals surface area contributed by atoms with Crippen molar-refractivity contribution >= 4 is 5.97 Å². The Morgan fingerprint density at radius 1 is 0.971 bits per heavy atom. The maximum atomic E-state index is 12.3. The molecule has 5 unspecified atom stereocenters. The molecule has 2 heterocycles. The van der Waals surface area contributed by atoms with E-state index in [1.807, 2.05) is 0 Å². The SMILES string of the molecule is CC(=O)OC1C([N+]2(C)CCCC2)C[C@H]2[C@@H]3CCC4CC(O)C(N5CCCC5)C[C@]4(C)[C@@H]3CC[C@]12C. The summed E-state index contributed by atoms with van der Waals surface area (Å²) in [6.45, 7) is 11.6. The van der Waals surface area contributed by atoms with Gasteiger partial charge in [0, 0.05) is 37.6 Å². The van der Waals surface area contributed by atoms with E-state index in [0.717, 1.165) is 22.7 Å². The van der Waals surface area contributed by atoms with Gasteiger partial charge in [-0.1, -0.05) is 13.8 Å². The normalized spacial score (nSPS) is 51.5. The molecule has 1 N–H and O–H groups in total. The van der Waals surface area contributed by atoms with Crippen molar-refractivity contribution in [2.75, 3.05) is 33.2 Å². The van der Waals surface area contributed by atoms with Crippen LogP contribution in [0.2, 0.25) is 0 Å². The van der Waals surface area contributed by atoms with E-state index in [-0.39, 0.29) is 23.6 Å². The molecular weight excluding hydrogens is 436 g/mol. The molecule has 4 saturated carbocycles. The van der Waals surface area contributed by atoms with E-state index in [0.29, 0.717) is 29.3 Å². The summed E-state index contributed by atoms with van der Waals surface area (Å²) in [5.41, 5.74) is 0.463. The molecule has 4 aliphatic carbocycles. The van der Waals surface area contributed by atoms with Gasteiger partial charge >= 0.3 is 5.97 Å². The monoisotopic (exact) mass is 487 g/mol. The van der Waals surface area contributed by atoms with E-state index in [4.69, 9.17) is 4.74 Å². The topological polar surface area (TPSA) is 49.8 Å². The number of quaternary nitrogens is 1. The number of likely N-dealkylation sites (N-methyl/N-ethyl adjacent to an activating group) is 1. The van der Waals surface area contributed by atoms with E-state index in [1.54, 1.807) is 6.92 Å². The lowest BCUT2D eigenvalue weighted by atomic mass is 9.44. The zero-order valence-corrected chi connectivity index (χ0v) is 22.9. The highest BCUT2D eigenvalue weighted by Gasteiger charge is 2.67. The third-order valence-electron chi connectivity index (χ3n) is 12.9. The molecule has 6 fully saturated rings. The van der Waals surface area contributed by atoms with Crippen molar-refractivity contribution in [3.8, 4) is 0 Å². The lowest BCUT2D eigenvalue weighted by molar-refractivity contribution is -0.924. The number of carbonyl (C=O) groups is 1. The summed E-state index contributed by atoms with van der Waals surface area (Å²) >= 11 is 0. The number of aliphatic hydroxyl groups excluding tert-OH is 1. The Morgan fingerprint density at radius 3 is 2.37 bits per heavy atom. The van der Waals surface area contributed by atoms with Crippen LogP contribution in [0.5, 0.6) is 0 Å². The average Bonchev–Trinajstić information content (AvgIpc) is 3.54. The third kappa shape index (κ3) is 3.76. The van der Waals surface area contributed by atoms with Gasteiger partial charge in [-0.3, -0.25) is 9.69 Å². The van der Waals surface area contributed by atoms with Gasteiger partial charge in [0.2, 0.25) is 0 Å². The lowest BCUT2D eigenvalue weighted by Gasteiger charge is -2.62. The molecule has 6 rings (SSSR count). The number of aliphatic hydroxyl groups is 1. The molecular formula is C30H51N2O3+. The van der Waals surface area contributed by atoms with Gasteiger partial charge in [-0.2, -0.15) is 0 Å². The molecule has 0 aromatic rings. The van der Waals surface area contributed by atoms with Gasteiger partial charge in [-0.15, -0.1) is 0 Å². The Balaban J connectivity index is 1.30. The molecule has 35 heavy (non-hydrogen) atoms. The minimum atomic E-state index is -0.139. The van der Waals surface area contributed by atoms with Crippen LogP contribution in [0.25, 0.3) is 0 Å². The summed E-state index contributed by atoms with van der Waals surface area (Å²) in [7, 11) is 2.45. The predicted molar refractivity (Wildman–Crippen MR) is 138 cm³/mol. The van der Waals surface area contributed by atoms with Gasteiger partial charge in [0.05, 0.1) is 26.2 Å². The Hall–Kier alpha value is -0.650. The molecule has 0 aromatic heterocycles. The fourth-order valence-corrected chi connectivity index (χ4v) is 11.1. The molecule has 0 radical (unpaired) electrons. The van der Waals surface area contributed by atoms with Crippen LogP contribution >= 0.6 is 0 Å². The molecule has 5 nitrogen and oxygen atoms in total. The van der Waals surface area contributed by atoms with E-state index in [9.17, 15) is 9.90 Å². The number of hydrogen-bond acceptors (Lipinski definition) is 4. The van der Waals surface area contributed by atoms with Crippen LogP contribution in [0.3, 0.4) is 0 Å². The quantitative estimate of drug-likeness (QED) is 0.466. The van der Waals surface area contributed by atoms with Crippen molar-refractivity contribution in [2.45, 2.75) is 116 Å². The number of fused-ring (bicyclic) bond motifs is 5. The van der Waals surface area contributed by atoms with Crippen LogP contribution in [0, 0.1) is 34.5 Å². The molecule has 198 valence electrons. The van der Waals surface area contributed by atoms with Crippen molar-refractivity contribution in [3.63, 3.8) is 0 Å². The smallest absolute Gasteiger partial charge is 0.303 e. The second kappa shape index (κ2) is 8.70. The molecule has 2 aliphatic heterocycles. The molecule has 6 aliphatic rings. The Morgan fingerprint density at radius 2 is 1.69 bits per heavy atom. The van der Waals surface area contributed by atoms with E-state index >= 15 is 0 Å². The van der Waals surface area contributed by atoms with E-state index < -0.39 is 0 Å².